The normalized spacial score (nSPS) is 18.7. The summed E-state index contributed by atoms with van der Waals surface area (Å²) in [7, 11) is 0.423. The summed E-state index contributed by atoms with van der Waals surface area (Å²) in [5, 5.41) is 2.71. The molecule has 0 saturated heterocycles. The van der Waals surface area contributed by atoms with Crippen LogP contribution in [0.1, 0.15) is 51.3 Å². The van der Waals surface area contributed by atoms with Crippen LogP contribution in [-0.4, -0.2) is 12.6 Å². The quantitative estimate of drug-likeness (QED) is 0.253. The van der Waals surface area contributed by atoms with Gasteiger partial charge in [0, 0.05) is 34.4 Å². The predicted octanol–water partition coefficient (Wildman–Crippen LogP) is 9.80. The van der Waals surface area contributed by atoms with Crippen LogP contribution in [0.15, 0.2) is 88.5 Å². The second-order valence-corrected chi connectivity index (χ2v) is 16.6. The van der Waals surface area contributed by atoms with Crippen LogP contribution in [0, 0.1) is 0 Å². The zero-order valence-corrected chi connectivity index (χ0v) is 24.0. The molecule has 4 aromatic rings. The Labute approximate surface area is 216 Å². The Balaban J connectivity index is 1.56. The van der Waals surface area contributed by atoms with Gasteiger partial charge in [-0.15, -0.1) is 0 Å². The second-order valence-electron chi connectivity index (χ2n) is 11.8. The molecule has 0 fully saturated rings. The Hall–Kier alpha value is -3.10. The van der Waals surface area contributed by atoms with E-state index >= 15 is 0 Å². The molecular weight excluding hydrogens is 450 g/mol. The number of para-hydroxylation sites is 1. The van der Waals surface area contributed by atoms with Crippen LogP contribution in [0.2, 0.25) is 18.6 Å². The van der Waals surface area contributed by atoms with Crippen molar-refractivity contribution in [2.24, 2.45) is 7.05 Å². The summed E-state index contributed by atoms with van der Waals surface area (Å²) < 4.78 is 2.34. The molecule has 1 nitrogen and oxygen atoms in total. The molecule has 0 aliphatic heterocycles. The zero-order chi connectivity index (χ0) is 25.5. The van der Waals surface area contributed by atoms with Crippen molar-refractivity contribution in [1.82, 2.24) is 4.57 Å². The Bertz CT molecular complexity index is 1650. The largest absolute Gasteiger partial charge is 0.344 e. The van der Waals surface area contributed by atoms with E-state index in [0.717, 1.165) is 0 Å². The molecule has 1 heterocycles. The molecule has 6 rings (SSSR count). The fourth-order valence-corrected chi connectivity index (χ4v) is 13.1. The standard InChI is InChI=1S/C34H37NSi/c1-20-19-29-25(26-15-12-18-31-32(26)28-13-9-10-17-30(28)35(31)6)14-11-16-27(29)33(20)36(7,8)34-23(4)21(2)22(3)24(34)5/h9-19,33-34H,1-8H3. The number of fused-ring (bicyclic) bond motifs is 4. The lowest BCUT2D eigenvalue weighted by molar-refractivity contribution is 0.972. The van der Waals surface area contributed by atoms with Crippen molar-refractivity contribution in [1.29, 1.82) is 0 Å². The van der Waals surface area contributed by atoms with E-state index in [2.05, 4.69) is 126 Å². The van der Waals surface area contributed by atoms with E-state index in [1.807, 2.05) is 0 Å². The van der Waals surface area contributed by atoms with Gasteiger partial charge in [-0.05, 0) is 85.7 Å². The lowest BCUT2D eigenvalue weighted by Gasteiger charge is -2.39. The van der Waals surface area contributed by atoms with Gasteiger partial charge < -0.3 is 4.57 Å². The van der Waals surface area contributed by atoms with Crippen molar-refractivity contribution >= 4 is 36.0 Å². The Morgan fingerprint density at radius 2 is 1.28 bits per heavy atom. The number of benzene rings is 3. The van der Waals surface area contributed by atoms with Gasteiger partial charge in [-0.1, -0.05) is 84.4 Å². The average molecular weight is 488 g/mol. The van der Waals surface area contributed by atoms with Crippen molar-refractivity contribution in [3.8, 4) is 11.1 Å². The maximum absolute atomic E-state index is 2.63. The minimum absolute atomic E-state index is 0.535. The fourth-order valence-electron chi connectivity index (χ4n) is 7.84. The first-order valence-corrected chi connectivity index (χ1v) is 16.4. The minimum atomic E-state index is -1.77. The third kappa shape index (κ3) is 3.00. The second kappa shape index (κ2) is 7.95. The van der Waals surface area contributed by atoms with Crippen LogP contribution in [0.25, 0.3) is 39.0 Å². The van der Waals surface area contributed by atoms with E-state index in [9.17, 15) is 0 Å². The lowest BCUT2D eigenvalue weighted by Crippen LogP contribution is -2.41. The van der Waals surface area contributed by atoms with E-state index in [4.69, 9.17) is 0 Å². The van der Waals surface area contributed by atoms with Gasteiger partial charge in [0.25, 0.3) is 0 Å². The topological polar surface area (TPSA) is 4.93 Å². The van der Waals surface area contributed by atoms with Crippen LogP contribution in [0.5, 0.6) is 0 Å². The number of hydrogen-bond donors (Lipinski definition) is 0. The average Bonchev–Trinajstić information content (AvgIpc) is 3.43. The van der Waals surface area contributed by atoms with E-state index in [1.165, 1.54) is 49.6 Å². The first-order chi connectivity index (χ1) is 17.1. The highest BCUT2D eigenvalue weighted by Gasteiger charge is 2.47. The molecule has 0 N–H and O–H groups in total. The SMILES string of the molecule is CC1=Cc2c(-c3cccc4c3c3ccccc3n4C)cccc2C1[Si](C)(C)C1C(C)=C(C)C(C)=C1C. The smallest absolute Gasteiger partial charge is 0.0717 e. The van der Waals surface area contributed by atoms with Gasteiger partial charge in [-0.2, -0.15) is 0 Å². The summed E-state index contributed by atoms with van der Waals surface area (Å²) in [6.45, 7) is 17.1. The lowest BCUT2D eigenvalue weighted by atomic mass is 9.93. The number of rotatable bonds is 3. The summed E-state index contributed by atoms with van der Waals surface area (Å²) in [6, 6.07) is 22.7. The van der Waals surface area contributed by atoms with Gasteiger partial charge in [0.1, 0.15) is 0 Å². The molecule has 36 heavy (non-hydrogen) atoms. The fraction of sp³-hybridized carbons (Fsp3) is 0.294. The number of allylic oxidation sites excluding steroid dienone is 5. The Morgan fingerprint density at radius 3 is 2.00 bits per heavy atom. The Kier molecular flexibility index (Phi) is 5.14. The van der Waals surface area contributed by atoms with E-state index in [0.29, 0.717) is 11.1 Å². The minimum Gasteiger partial charge on any atom is -0.344 e. The highest BCUT2D eigenvalue weighted by atomic mass is 28.3. The van der Waals surface area contributed by atoms with Gasteiger partial charge in [0.15, 0.2) is 0 Å². The van der Waals surface area contributed by atoms with Crippen LogP contribution < -0.4 is 0 Å². The molecule has 1 unspecified atom stereocenters. The first-order valence-electron chi connectivity index (χ1n) is 13.3. The third-order valence-corrected chi connectivity index (χ3v) is 14.2. The number of hydrogen-bond acceptors (Lipinski definition) is 0. The van der Waals surface area contributed by atoms with Crippen molar-refractivity contribution in [2.75, 3.05) is 0 Å². The molecular formula is C34H37NSi. The maximum Gasteiger partial charge on any atom is 0.0717 e. The zero-order valence-electron chi connectivity index (χ0n) is 23.0. The summed E-state index contributed by atoms with van der Waals surface area (Å²) in [5.74, 6) is 0. The van der Waals surface area contributed by atoms with Crippen molar-refractivity contribution in [3.05, 3.63) is 99.7 Å². The van der Waals surface area contributed by atoms with E-state index in [1.54, 1.807) is 22.3 Å². The van der Waals surface area contributed by atoms with Crippen LogP contribution in [0.3, 0.4) is 0 Å². The molecule has 0 bridgehead atoms. The molecule has 0 amide bonds. The highest BCUT2D eigenvalue weighted by molar-refractivity contribution is 6.82. The monoisotopic (exact) mass is 487 g/mol. The molecule has 1 aromatic heterocycles. The number of aromatic nitrogens is 1. The summed E-state index contributed by atoms with van der Waals surface area (Å²) >= 11 is 0. The molecule has 1 atom stereocenters. The van der Waals surface area contributed by atoms with E-state index < -0.39 is 8.07 Å². The first kappa shape index (κ1) is 23.3. The number of nitrogens with zero attached hydrogens (tertiary/aromatic N) is 1. The maximum atomic E-state index is 2.63. The molecule has 0 radical (unpaired) electrons. The Morgan fingerprint density at radius 1 is 0.667 bits per heavy atom. The van der Waals surface area contributed by atoms with Crippen molar-refractivity contribution < 1.29 is 0 Å². The third-order valence-electron chi connectivity index (χ3n) is 9.61. The molecule has 2 heteroatoms. The summed E-state index contributed by atoms with van der Waals surface area (Å²) in [4.78, 5) is 0. The predicted molar refractivity (Wildman–Crippen MR) is 160 cm³/mol. The van der Waals surface area contributed by atoms with Crippen molar-refractivity contribution in [3.63, 3.8) is 0 Å². The molecule has 2 aliphatic rings. The van der Waals surface area contributed by atoms with Gasteiger partial charge in [0.05, 0.1) is 8.07 Å². The number of aryl methyl sites for hydroxylation is 1. The molecule has 2 aliphatic carbocycles. The van der Waals surface area contributed by atoms with E-state index in [-0.39, 0.29) is 0 Å². The van der Waals surface area contributed by atoms with Gasteiger partial charge in [0.2, 0.25) is 0 Å². The van der Waals surface area contributed by atoms with Crippen LogP contribution in [-0.2, 0) is 7.05 Å². The molecule has 0 saturated carbocycles. The molecule has 0 spiro atoms. The molecule has 182 valence electrons. The summed E-state index contributed by atoms with van der Waals surface area (Å²) in [6.07, 6.45) is 2.51. The van der Waals surface area contributed by atoms with Crippen LogP contribution in [0.4, 0.5) is 0 Å². The molecule has 3 aromatic carbocycles. The summed E-state index contributed by atoms with van der Waals surface area (Å²) in [5.41, 5.74) is 17.3. The van der Waals surface area contributed by atoms with Gasteiger partial charge in [-0.3, -0.25) is 0 Å². The highest BCUT2D eigenvalue weighted by Crippen LogP contribution is 2.55. The van der Waals surface area contributed by atoms with Gasteiger partial charge >= 0.3 is 0 Å². The van der Waals surface area contributed by atoms with Crippen LogP contribution >= 0.6 is 0 Å². The van der Waals surface area contributed by atoms with Gasteiger partial charge in [-0.25, -0.2) is 0 Å². The van der Waals surface area contributed by atoms with Crippen molar-refractivity contribution in [2.45, 2.75) is 58.8 Å².